The van der Waals surface area contributed by atoms with Gasteiger partial charge in [0.2, 0.25) is 0 Å². The normalized spacial score (nSPS) is 24.4. The third kappa shape index (κ3) is 6.07. The van der Waals surface area contributed by atoms with Crippen molar-refractivity contribution in [3.05, 3.63) is 58.9 Å². The van der Waals surface area contributed by atoms with Crippen LogP contribution in [0.1, 0.15) is 101 Å². The summed E-state index contributed by atoms with van der Waals surface area (Å²) in [5, 5.41) is 0. The van der Waals surface area contributed by atoms with Crippen LogP contribution in [-0.2, 0) is 4.79 Å². The lowest BCUT2D eigenvalue weighted by Gasteiger charge is -2.30. The molecule has 36 heavy (non-hydrogen) atoms. The molecular formula is C30H37F3O3. The fourth-order valence-electron chi connectivity index (χ4n) is 6.03. The van der Waals surface area contributed by atoms with Crippen LogP contribution in [0.25, 0.3) is 0 Å². The minimum Gasteiger partial charge on any atom is -0.494 e. The molecule has 0 unspecified atom stereocenters. The zero-order chi connectivity index (χ0) is 25.7. The van der Waals surface area contributed by atoms with Gasteiger partial charge < -0.3 is 9.47 Å². The van der Waals surface area contributed by atoms with Gasteiger partial charge in [0.05, 0.1) is 12.5 Å². The van der Waals surface area contributed by atoms with E-state index in [2.05, 4.69) is 6.92 Å². The predicted octanol–water partition coefficient (Wildman–Crippen LogP) is 8.46. The summed E-state index contributed by atoms with van der Waals surface area (Å²) in [7, 11) is 0. The second-order valence-electron chi connectivity index (χ2n) is 10.4. The van der Waals surface area contributed by atoms with Gasteiger partial charge >= 0.3 is 5.97 Å². The third-order valence-corrected chi connectivity index (χ3v) is 8.05. The zero-order valence-electron chi connectivity index (χ0n) is 21.3. The van der Waals surface area contributed by atoms with Gasteiger partial charge in [-0.1, -0.05) is 31.9 Å². The van der Waals surface area contributed by atoms with Crippen LogP contribution in [-0.4, -0.2) is 12.6 Å². The topological polar surface area (TPSA) is 35.5 Å². The largest absolute Gasteiger partial charge is 0.494 e. The molecule has 2 saturated carbocycles. The Morgan fingerprint density at radius 1 is 0.833 bits per heavy atom. The van der Waals surface area contributed by atoms with E-state index in [0.717, 1.165) is 25.7 Å². The first-order chi connectivity index (χ1) is 17.4. The van der Waals surface area contributed by atoms with Crippen molar-refractivity contribution in [1.29, 1.82) is 0 Å². The number of carbonyl (C=O) groups excluding carboxylic acids is 1. The number of hydrogen-bond acceptors (Lipinski definition) is 3. The first kappa shape index (κ1) is 26.6. The Balaban J connectivity index is 1.34. The summed E-state index contributed by atoms with van der Waals surface area (Å²) in [6.45, 7) is 4.41. The fourth-order valence-corrected chi connectivity index (χ4v) is 6.03. The number of carbonyl (C=O) groups is 1. The molecule has 2 aliphatic rings. The minimum absolute atomic E-state index is 0.0927. The Kier molecular flexibility index (Phi) is 8.97. The molecule has 0 saturated heterocycles. The number of rotatable bonds is 8. The van der Waals surface area contributed by atoms with E-state index in [9.17, 15) is 9.18 Å². The second-order valence-corrected chi connectivity index (χ2v) is 10.4. The van der Waals surface area contributed by atoms with E-state index in [1.165, 1.54) is 25.0 Å². The van der Waals surface area contributed by atoms with E-state index in [4.69, 9.17) is 9.47 Å². The highest BCUT2D eigenvalue weighted by molar-refractivity contribution is 5.75. The standard InChI is InChI=1S/C30H37F3O3/c1-3-5-19-6-8-20(9-7-19)24-15-16-25(29(33)28(24)32)21-10-12-22(13-11-21)30(34)36-27-17-14-23(35-4-2)18-26(27)31/h14-22H,3-13H2,1-2H3. The van der Waals surface area contributed by atoms with Crippen LogP contribution >= 0.6 is 0 Å². The summed E-state index contributed by atoms with van der Waals surface area (Å²) in [5.41, 5.74) is 0.918. The highest BCUT2D eigenvalue weighted by Crippen LogP contribution is 2.42. The third-order valence-electron chi connectivity index (χ3n) is 8.05. The SMILES string of the molecule is CCCC1CCC(c2ccc(C3CCC(C(=O)Oc4ccc(OCC)cc4F)CC3)c(F)c2F)CC1. The summed E-state index contributed by atoms with van der Waals surface area (Å²) in [4.78, 5) is 12.6. The van der Waals surface area contributed by atoms with Gasteiger partial charge in [-0.05, 0) is 99.3 Å². The summed E-state index contributed by atoms with van der Waals surface area (Å²) in [6, 6.07) is 7.68. The Morgan fingerprint density at radius 2 is 1.42 bits per heavy atom. The van der Waals surface area contributed by atoms with Gasteiger partial charge in [-0.15, -0.1) is 0 Å². The molecule has 0 bridgehead atoms. The molecule has 4 rings (SSSR count). The quantitative estimate of drug-likeness (QED) is 0.268. The maximum absolute atomic E-state index is 15.2. The maximum atomic E-state index is 15.2. The fraction of sp³-hybridized carbons (Fsp3) is 0.567. The molecule has 2 aromatic rings. The van der Waals surface area contributed by atoms with Gasteiger partial charge in [-0.25, -0.2) is 13.2 Å². The van der Waals surface area contributed by atoms with Gasteiger partial charge in [0.25, 0.3) is 0 Å². The smallest absolute Gasteiger partial charge is 0.314 e. The molecule has 0 N–H and O–H groups in total. The Labute approximate surface area is 212 Å². The van der Waals surface area contributed by atoms with Crippen LogP contribution < -0.4 is 9.47 Å². The molecule has 2 aromatic carbocycles. The lowest BCUT2D eigenvalue weighted by atomic mass is 9.75. The van der Waals surface area contributed by atoms with Crippen LogP contribution in [0.3, 0.4) is 0 Å². The maximum Gasteiger partial charge on any atom is 0.314 e. The number of ether oxygens (including phenoxy) is 2. The predicted molar refractivity (Wildman–Crippen MR) is 134 cm³/mol. The summed E-state index contributed by atoms with van der Waals surface area (Å²) >= 11 is 0. The summed E-state index contributed by atoms with van der Waals surface area (Å²) < 4.78 is 55.1. The molecular weight excluding hydrogens is 465 g/mol. The molecule has 0 spiro atoms. The van der Waals surface area contributed by atoms with Crippen molar-refractivity contribution in [2.24, 2.45) is 11.8 Å². The van der Waals surface area contributed by atoms with Crippen molar-refractivity contribution in [2.45, 2.75) is 89.9 Å². The van der Waals surface area contributed by atoms with Crippen molar-refractivity contribution >= 4 is 5.97 Å². The van der Waals surface area contributed by atoms with Gasteiger partial charge in [0.15, 0.2) is 23.2 Å². The van der Waals surface area contributed by atoms with Crippen LogP contribution in [0.5, 0.6) is 11.5 Å². The highest BCUT2D eigenvalue weighted by atomic mass is 19.2. The van der Waals surface area contributed by atoms with Gasteiger partial charge in [-0.2, -0.15) is 0 Å². The van der Waals surface area contributed by atoms with Gasteiger partial charge in [0, 0.05) is 6.07 Å². The highest BCUT2D eigenvalue weighted by Gasteiger charge is 2.32. The molecule has 196 valence electrons. The van der Waals surface area contributed by atoms with Gasteiger partial charge in [-0.3, -0.25) is 4.79 Å². The molecule has 0 heterocycles. The molecule has 6 heteroatoms. The average Bonchev–Trinajstić information content (AvgIpc) is 2.88. The molecule has 0 radical (unpaired) electrons. The first-order valence-electron chi connectivity index (χ1n) is 13.5. The molecule has 0 atom stereocenters. The Bertz CT molecular complexity index is 1040. The molecule has 2 aliphatic carbocycles. The molecule has 0 aromatic heterocycles. The lowest BCUT2D eigenvalue weighted by Crippen LogP contribution is -2.26. The molecule has 3 nitrogen and oxygen atoms in total. The van der Waals surface area contributed by atoms with Crippen molar-refractivity contribution in [2.75, 3.05) is 6.61 Å². The van der Waals surface area contributed by atoms with E-state index in [1.54, 1.807) is 25.1 Å². The number of halogens is 3. The zero-order valence-corrected chi connectivity index (χ0v) is 21.3. The van der Waals surface area contributed by atoms with Crippen LogP contribution in [0, 0.1) is 29.3 Å². The van der Waals surface area contributed by atoms with Crippen molar-refractivity contribution in [3.63, 3.8) is 0 Å². The van der Waals surface area contributed by atoms with Crippen molar-refractivity contribution in [1.82, 2.24) is 0 Å². The minimum atomic E-state index is -0.731. The Hall–Kier alpha value is -2.50. The average molecular weight is 503 g/mol. The lowest BCUT2D eigenvalue weighted by molar-refractivity contribution is -0.140. The molecule has 0 aliphatic heterocycles. The van der Waals surface area contributed by atoms with E-state index in [-0.39, 0.29) is 17.6 Å². The summed E-state index contributed by atoms with van der Waals surface area (Å²) in [5.74, 6) is -2.04. The number of benzene rings is 2. The number of esters is 1. The van der Waals surface area contributed by atoms with Crippen molar-refractivity contribution in [3.8, 4) is 11.5 Å². The van der Waals surface area contributed by atoms with E-state index in [0.29, 0.717) is 55.1 Å². The van der Waals surface area contributed by atoms with E-state index >= 15 is 8.78 Å². The molecule has 2 fully saturated rings. The number of hydrogen-bond donors (Lipinski definition) is 0. The van der Waals surface area contributed by atoms with E-state index < -0.39 is 29.3 Å². The first-order valence-corrected chi connectivity index (χ1v) is 13.5. The molecule has 0 amide bonds. The van der Waals surface area contributed by atoms with Crippen LogP contribution in [0.15, 0.2) is 30.3 Å². The Morgan fingerprint density at radius 3 is 1.94 bits per heavy atom. The van der Waals surface area contributed by atoms with Crippen LogP contribution in [0.2, 0.25) is 0 Å². The van der Waals surface area contributed by atoms with Crippen LogP contribution in [0.4, 0.5) is 13.2 Å². The van der Waals surface area contributed by atoms with Crippen molar-refractivity contribution < 1.29 is 27.4 Å². The summed E-state index contributed by atoms with van der Waals surface area (Å²) in [6.07, 6.45) is 8.50. The van der Waals surface area contributed by atoms with Gasteiger partial charge in [0.1, 0.15) is 5.75 Å². The monoisotopic (exact) mass is 502 g/mol. The second kappa shape index (κ2) is 12.2. The van der Waals surface area contributed by atoms with E-state index in [1.807, 2.05) is 0 Å².